The molecule has 0 fully saturated rings. The van der Waals surface area contributed by atoms with Crippen LogP contribution in [0.5, 0.6) is 11.5 Å². The highest BCUT2D eigenvalue weighted by atomic mass is 35.5. The topological polar surface area (TPSA) is 54.9 Å². The predicted molar refractivity (Wildman–Crippen MR) is 111 cm³/mol. The molecule has 2 N–H and O–H groups in total. The summed E-state index contributed by atoms with van der Waals surface area (Å²) in [4.78, 5) is 0. The van der Waals surface area contributed by atoms with Crippen LogP contribution in [0.25, 0.3) is 0 Å². The van der Waals surface area contributed by atoms with Crippen molar-refractivity contribution in [2.75, 3.05) is 13.7 Å². The molecule has 0 aliphatic rings. The van der Waals surface area contributed by atoms with E-state index >= 15 is 0 Å². The number of hydrogen-bond acceptors (Lipinski definition) is 4. The van der Waals surface area contributed by atoms with Crippen molar-refractivity contribution < 1.29 is 9.47 Å². The Bertz CT molecular complexity index is 800. The van der Waals surface area contributed by atoms with Crippen LogP contribution >= 0.6 is 35.4 Å². The lowest BCUT2D eigenvalue weighted by molar-refractivity contribution is 0.284. The van der Waals surface area contributed by atoms with E-state index in [1.165, 1.54) is 0 Å². The Balaban J connectivity index is 2.02. The average molecular weight is 412 g/mol. The monoisotopic (exact) mass is 411 g/mol. The molecule has 0 atom stereocenters. The summed E-state index contributed by atoms with van der Waals surface area (Å²) < 4.78 is 11.2. The zero-order valence-corrected chi connectivity index (χ0v) is 16.7. The Morgan fingerprint density at radius 2 is 1.96 bits per heavy atom. The fourth-order valence-electron chi connectivity index (χ4n) is 2.04. The van der Waals surface area contributed by atoms with Gasteiger partial charge in [-0.05, 0) is 60.6 Å². The normalized spacial score (nSPS) is 10.6. The van der Waals surface area contributed by atoms with Gasteiger partial charge in [0.2, 0.25) is 0 Å². The molecule has 0 spiro atoms. The number of hydrazone groups is 1. The summed E-state index contributed by atoms with van der Waals surface area (Å²) >= 11 is 17.0. The first kappa shape index (κ1) is 20.3. The molecule has 2 aromatic carbocycles. The lowest BCUT2D eigenvalue weighted by Crippen LogP contribution is -2.31. The van der Waals surface area contributed by atoms with Crippen molar-refractivity contribution in [2.24, 2.45) is 5.10 Å². The minimum atomic E-state index is 0.346. The molecule has 2 aromatic rings. The van der Waals surface area contributed by atoms with Gasteiger partial charge in [-0.25, -0.2) is 0 Å². The van der Waals surface area contributed by atoms with Crippen molar-refractivity contribution in [3.8, 4) is 11.5 Å². The summed E-state index contributed by atoms with van der Waals surface area (Å²) in [6, 6.07) is 10.9. The van der Waals surface area contributed by atoms with Gasteiger partial charge in [-0.2, -0.15) is 5.10 Å². The van der Waals surface area contributed by atoms with Gasteiger partial charge in [0.25, 0.3) is 0 Å². The van der Waals surface area contributed by atoms with Crippen LogP contribution in [0, 0.1) is 0 Å². The van der Waals surface area contributed by atoms with Crippen LogP contribution in [-0.2, 0) is 6.61 Å². The van der Waals surface area contributed by atoms with Crippen LogP contribution < -0.4 is 20.2 Å². The summed E-state index contributed by atoms with van der Waals surface area (Å²) in [7, 11) is 1.58. The summed E-state index contributed by atoms with van der Waals surface area (Å²) in [5.41, 5.74) is 4.49. The van der Waals surface area contributed by atoms with Crippen molar-refractivity contribution in [2.45, 2.75) is 13.5 Å². The van der Waals surface area contributed by atoms with Gasteiger partial charge in [-0.1, -0.05) is 29.3 Å². The number of nitrogens with zero attached hydrogens (tertiary/aromatic N) is 1. The minimum absolute atomic E-state index is 0.346. The molecule has 26 heavy (non-hydrogen) atoms. The van der Waals surface area contributed by atoms with Gasteiger partial charge in [0.15, 0.2) is 16.6 Å². The number of hydrogen-bond donors (Lipinski definition) is 2. The molecule has 0 aliphatic carbocycles. The van der Waals surface area contributed by atoms with Crippen LogP contribution in [-0.4, -0.2) is 25.0 Å². The Morgan fingerprint density at radius 3 is 2.65 bits per heavy atom. The zero-order valence-electron chi connectivity index (χ0n) is 14.4. The Kier molecular flexibility index (Phi) is 7.97. The Labute approximate surface area is 168 Å². The molecule has 0 bridgehead atoms. The number of methoxy groups -OCH3 is 1. The van der Waals surface area contributed by atoms with Crippen LogP contribution in [0.15, 0.2) is 41.5 Å². The fourth-order valence-corrected chi connectivity index (χ4v) is 2.56. The van der Waals surface area contributed by atoms with Crippen molar-refractivity contribution >= 4 is 46.7 Å². The van der Waals surface area contributed by atoms with Crippen LogP contribution in [0.4, 0.5) is 0 Å². The predicted octanol–water partition coefficient (Wildman–Crippen LogP) is 4.40. The second-order valence-corrected chi connectivity index (χ2v) is 6.40. The van der Waals surface area contributed by atoms with Gasteiger partial charge in [0, 0.05) is 6.54 Å². The molecule has 0 aliphatic heterocycles. The lowest BCUT2D eigenvalue weighted by Gasteiger charge is -2.12. The number of halogens is 2. The van der Waals surface area contributed by atoms with Gasteiger partial charge in [-0.3, -0.25) is 5.43 Å². The summed E-state index contributed by atoms with van der Waals surface area (Å²) in [5.74, 6) is 1.22. The smallest absolute Gasteiger partial charge is 0.186 e. The third-order valence-corrected chi connectivity index (χ3v) is 4.26. The molecule has 0 radical (unpaired) electrons. The number of nitrogens with one attached hydrogen (secondary N) is 2. The number of benzene rings is 2. The molecule has 0 heterocycles. The quantitative estimate of drug-likeness (QED) is 0.401. The number of rotatable bonds is 7. The largest absolute Gasteiger partial charge is 0.493 e. The van der Waals surface area contributed by atoms with Gasteiger partial charge in [-0.15, -0.1) is 0 Å². The van der Waals surface area contributed by atoms with E-state index in [9.17, 15) is 0 Å². The molecule has 0 saturated carbocycles. The zero-order chi connectivity index (χ0) is 18.9. The molecular weight excluding hydrogens is 393 g/mol. The van der Waals surface area contributed by atoms with E-state index in [4.69, 9.17) is 44.9 Å². The minimum Gasteiger partial charge on any atom is -0.493 e. The van der Waals surface area contributed by atoms with Gasteiger partial charge < -0.3 is 14.8 Å². The van der Waals surface area contributed by atoms with Gasteiger partial charge in [0.1, 0.15) is 6.61 Å². The molecule has 5 nitrogen and oxygen atoms in total. The second kappa shape index (κ2) is 10.2. The molecule has 8 heteroatoms. The molecule has 138 valence electrons. The van der Waals surface area contributed by atoms with Crippen molar-refractivity contribution in [1.82, 2.24) is 10.7 Å². The van der Waals surface area contributed by atoms with Crippen LogP contribution in [0.3, 0.4) is 0 Å². The van der Waals surface area contributed by atoms with E-state index in [1.807, 2.05) is 31.2 Å². The highest BCUT2D eigenvalue weighted by Crippen LogP contribution is 2.29. The van der Waals surface area contributed by atoms with E-state index < -0.39 is 0 Å². The molecule has 0 aromatic heterocycles. The maximum Gasteiger partial charge on any atom is 0.186 e. The molecule has 0 saturated heterocycles. The standard InChI is InChI=1S/C18H19Cl2N3O2S/c1-3-21-18(26)23-22-10-12-5-7-16(17(9-12)24-2)25-11-13-4-6-14(19)15(20)8-13/h4-10H,3,11H2,1-2H3,(H2,21,23,26)/b22-10-. The number of ether oxygens (including phenoxy) is 2. The van der Waals surface area contributed by atoms with E-state index in [0.717, 1.165) is 17.7 Å². The maximum atomic E-state index is 6.02. The van der Waals surface area contributed by atoms with E-state index in [2.05, 4.69) is 15.8 Å². The summed E-state index contributed by atoms with van der Waals surface area (Å²) in [5, 5.41) is 8.50. The number of thiocarbonyl (C=S) groups is 1. The second-order valence-electron chi connectivity index (χ2n) is 5.18. The average Bonchev–Trinajstić information content (AvgIpc) is 2.63. The third kappa shape index (κ3) is 6.05. The first-order valence-corrected chi connectivity index (χ1v) is 9.01. The lowest BCUT2D eigenvalue weighted by atomic mass is 10.2. The van der Waals surface area contributed by atoms with Crippen LogP contribution in [0.2, 0.25) is 10.0 Å². The fraction of sp³-hybridized carbons (Fsp3) is 0.222. The Hall–Kier alpha value is -2.02. The van der Waals surface area contributed by atoms with Gasteiger partial charge >= 0.3 is 0 Å². The van der Waals surface area contributed by atoms with Gasteiger partial charge in [0.05, 0.1) is 23.4 Å². The third-order valence-electron chi connectivity index (χ3n) is 3.28. The highest BCUT2D eigenvalue weighted by molar-refractivity contribution is 7.80. The van der Waals surface area contributed by atoms with Crippen molar-refractivity contribution in [1.29, 1.82) is 0 Å². The first-order chi connectivity index (χ1) is 12.5. The van der Waals surface area contributed by atoms with Crippen LogP contribution in [0.1, 0.15) is 18.1 Å². The maximum absolute atomic E-state index is 6.02. The first-order valence-electron chi connectivity index (χ1n) is 7.85. The molecule has 0 unspecified atom stereocenters. The highest BCUT2D eigenvalue weighted by Gasteiger charge is 2.07. The molecular formula is C18H19Cl2N3O2S. The van der Waals surface area contributed by atoms with Crippen molar-refractivity contribution in [3.63, 3.8) is 0 Å². The molecule has 0 amide bonds. The summed E-state index contributed by atoms with van der Waals surface area (Å²) in [6.45, 7) is 3.04. The molecule has 2 rings (SSSR count). The van der Waals surface area contributed by atoms with Crippen molar-refractivity contribution in [3.05, 3.63) is 57.6 Å². The SMILES string of the molecule is CCNC(=S)N/N=C\c1ccc(OCc2ccc(Cl)c(Cl)c2)c(OC)c1. The van der Waals surface area contributed by atoms with E-state index in [0.29, 0.717) is 33.3 Å². The summed E-state index contributed by atoms with van der Waals surface area (Å²) in [6.07, 6.45) is 1.65. The van der Waals surface area contributed by atoms with E-state index in [-0.39, 0.29) is 0 Å². The Morgan fingerprint density at radius 1 is 1.15 bits per heavy atom. The van der Waals surface area contributed by atoms with E-state index in [1.54, 1.807) is 25.5 Å².